The zero-order valence-corrected chi connectivity index (χ0v) is 23.0. The third-order valence-corrected chi connectivity index (χ3v) is 7.62. The molecule has 1 aliphatic heterocycles. The van der Waals surface area contributed by atoms with Crippen LogP contribution in [0.3, 0.4) is 0 Å². The minimum absolute atomic E-state index is 0.0927. The van der Waals surface area contributed by atoms with Crippen LogP contribution in [0.15, 0.2) is 60.7 Å². The second-order valence-corrected chi connectivity index (χ2v) is 9.91. The van der Waals surface area contributed by atoms with Crippen molar-refractivity contribution in [3.05, 3.63) is 71.8 Å². The smallest absolute Gasteiger partial charge is 0.237 e. The molecule has 0 aromatic heterocycles. The van der Waals surface area contributed by atoms with Gasteiger partial charge in [0.15, 0.2) is 11.5 Å². The Morgan fingerprint density at radius 2 is 1.62 bits per heavy atom. The number of hydrogen-bond donors (Lipinski definition) is 0. The van der Waals surface area contributed by atoms with E-state index >= 15 is 0 Å². The highest BCUT2D eigenvalue weighted by molar-refractivity contribution is 8.23. The average Bonchev–Trinajstić information content (AvgIpc) is 3.38. The summed E-state index contributed by atoms with van der Waals surface area (Å²) in [6.07, 6.45) is 0.944. The van der Waals surface area contributed by atoms with Crippen molar-refractivity contribution in [3.63, 3.8) is 0 Å². The van der Waals surface area contributed by atoms with Crippen LogP contribution in [0.1, 0.15) is 11.1 Å². The van der Waals surface area contributed by atoms with Crippen molar-refractivity contribution in [3.8, 4) is 23.0 Å². The summed E-state index contributed by atoms with van der Waals surface area (Å²) in [5.41, 5.74) is 3.97. The largest absolute Gasteiger partial charge is 0.497 e. The van der Waals surface area contributed by atoms with E-state index in [2.05, 4.69) is 17.0 Å². The molecule has 0 saturated carbocycles. The fraction of sp³-hybridized carbons (Fsp3) is 0.286. The van der Waals surface area contributed by atoms with Crippen molar-refractivity contribution in [2.24, 2.45) is 0 Å². The van der Waals surface area contributed by atoms with Crippen LogP contribution in [0, 0.1) is 0 Å². The second kappa shape index (κ2) is 12.2. The molecule has 0 spiro atoms. The van der Waals surface area contributed by atoms with Crippen molar-refractivity contribution in [2.75, 3.05) is 50.5 Å². The van der Waals surface area contributed by atoms with E-state index in [-0.39, 0.29) is 11.7 Å². The molecular weight excluding hydrogens is 508 g/mol. The van der Waals surface area contributed by atoms with Gasteiger partial charge >= 0.3 is 0 Å². The average molecular weight is 539 g/mol. The van der Waals surface area contributed by atoms with Gasteiger partial charge in [-0.3, -0.25) is 4.79 Å². The van der Waals surface area contributed by atoms with Crippen LogP contribution in [0.25, 0.3) is 0 Å². The Balaban J connectivity index is 1.59. The molecule has 0 saturated heterocycles. The maximum absolute atomic E-state index is 13.7. The van der Waals surface area contributed by atoms with E-state index in [1.165, 1.54) is 17.3 Å². The summed E-state index contributed by atoms with van der Waals surface area (Å²) < 4.78 is 22.5. The number of anilines is 2. The summed E-state index contributed by atoms with van der Waals surface area (Å²) in [6, 6.07) is 19.4. The first kappa shape index (κ1) is 26.6. The van der Waals surface area contributed by atoms with Gasteiger partial charge in [0.25, 0.3) is 0 Å². The number of hydrogen-bond acceptors (Lipinski definition) is 7. The van der Waals surface area contributed by atoms with Crippen LogP contribution < -0.4 is 28.7 Å². The van der Waals surface area contributed by atoms with E-state index in [9.17, 15) is 4.79 Å². The zero-order valence-electron chi connectivity index (χ0n) is 21.4. The maximum atomic E-state index is 13.7. The van der Waals surface area contributed by atoms with Gasteiger partial charge in [0.05, 0.1) is 46.4 Å². The maximum Gasteiger partial charge on any atom is 0.237 e. The molecule has 7 nitrogen and oxygen atoms in total. The SMILES string of the molecule is COc1ccc(CN(C(=O)CSC(=S)N2CCc3ccccc32)c2cc(OC)c(OC)c(OC)c2)cc1. The molecule has 1 amide bonds. The molecule has 0 unspecified atom stereocenters. The van der Waals surface area contributed by atoms with Gasteiger partial charge in [-0.15, -0.1) is 0 Å². The first-order chi connectivity index (χ1) is 18.0. The molecule has 0 fully saturated rings. The van der Waals surface area contributed by atoms with Gasteiger partial charge in [0.2, 0.25) is 11.7 Å². The number of methoxy groups -OCH3 is 4. The minimum Gasteiger partial charge on any atom is -0.497 e. The molecule has 1 aliphatic rings. The Labute approximate surface area is 227 Å². The van der Waals surface area contributed by atoms with Crippen LogP contribution in [-0.4, -0.2) is 51.0 Å². The molecule has 37 heavy (non-hydrogen) atoms. The molecule has 0 radical (unpaired) electrons. The fourth-order valence-corrected chi connectivity index (χ4v) is 5.38. The van der Waals surface area contributed by atoms with Gasteiger partial charge in [0.1, 0.15) is 10.1 Å². The number of fused-ring (bicyclic) bond motifs is 1. The van der Waals surface area contributed by atoms with E-state index in [0.717, 1.165) is 30.0 Å². The summed E-state index contributed by atoms with van der Waals surface area (Å²) in [5, 5.41) is 0. The second-order valence-electron chi connectivity index (χ2n) is 8.30. The summed E-state index contributed by atoms with van der Waals surface area (Å²) >= 11 is 7.10. The lowest BCUT2D eigenvalue weighted by molar-refractivity contribution is -0.116. The molecule has 0 aliphatic carbocycles. The van der Waals surface area contributed by atoms with E-state index in [0.29, 0.717) is 33.8 Å². The lowest BCUT2D eigenvalue weighted by Gasteiger charge is -2.26. The van der Waals surface area contributed by atoms with Gasteiger partial charge in [-0.25, -0.2) is 0 Å². The van der Waals surface area contributed by atoms with Crippen molar-refractivity contribution in [2.45, 2.75) is 13.0 Å². The predicted molar refractivity (Wildman–Crippen MR) is 153 cm³/mol. The molecule has 0 atom stereocenters. The normalized spacial score (nSPS) is 12.1. The van der Waals surface area contributed by atoms with Gasteiger partial charge in [-0.2, -0.15) is 0 Å². The minimum atomic E-state index is -0.0927. The van der Waals surface area contributed by atoms with Crippen molar-refractivity contribution in [1.29, 1.82) is 0 Å². The van der Waals surface area contributed by atoms with Gasteiger partial charge in [-0.1, -0.05) is 54.3 Å². The number of amides is 1. The van der Waals surface area contributed by atoms with Crippen LogP contribution in [0.4, 0.5) is 11.4 Å². The van der Waals surface area contributed by atoms with Gasteiger partial charge in [0, 0.05) is 24.4 Å². The number of carbonyl (C=O) groups is 1. The topological polar surface area (TPSA) is 60.5 Å². The highest BCUT2D eigenvalue weighted by atomic mass is 32.2. The van der Waals surface area contributed by atoms with Gasteiger partial charge < -0.3 is 28.7 Å². The van der Waals surface area contributed by atoms with Crippen molar-refractivity contribution in [1.82, 2.24) is 0 Å². The molecule has 3 aromatic rings. The Hall–Kier alpha value is -3.43. The van der Waals surface area contributed by atoms with Crippen molar-refractivity contribution < 1.29 is 23.7 Å². The highest BCUT2D eigenvalue weighted by Gasteiger charge is 2.25. The zero-order chi connectivity index (χ0) is 26.4. The lowest BCUT2D eigenvalue weighted by atomic mass is 10.1. The number of thioether (sulfide) groups is 1. The predicted octanol–water partition coefficient (Wildman–Crippen LogP) is 5.34. The summed E-state index contributed by atoms with van der Waals surface area (Å²) in [7, 11) is 6.28. The van der Waals surface area contributed by atoms with E-state index in [4.69, 9.17) is 31.2 Å². The molecule has 4 rings (SSSR count). The summed E-state index contributed by atoms with van der Waals surface area (Å²) in [5.74, 6) is 2.26. The van der Waals surface area contributed by atoms with Crippen LogP contribution in [0.5, 0.6) is 23.0 Å². The third-order valence-electron chi connectivity index (χ3n) is 6.19. The monoisotopic (exact) mass is 538 g/mol. The number of para-hydroxylation sites is 1. The summed E-state index contributed by atoms with van der Waals surface area (Å²) in [4.78, 5) is 17.5. The summed E-state index contributed by atoms with van der Waals surface area (Å²) in [6.45, 7) is 1.17. The van der Waals surface area contributed by atoms with E-state index in [1.54, 1.807) is 45.5 Å². The first-order valence-corrected chi connectivity index (χ1v) is 13.1. The number of thiocarbonyl (C=S) groups is 1. The van der Waals surface area contributed by atoms with Crippen LogP contribution in [-0.2, 0) is 17.8 Å². The highest BCUT2D eigenvalue weighted by Crippen LogP contribution is 2.41. The number of benzene rings is 3. The third kappa shape index (κ3) is 5.94. The number of rotatable bonds is 9. The van der Waals surface area contributed by atoms with Crippen LogP contribution in [0.2, 0.25) is 0 Å². The number of carbonyl (C=O) groups excluding carboxylic acids is 1. The van der Waals surface area contributed by atoms with E-state index in [1.807, 2.05) is 36.4 Å². The molecule has 0 N–H and O–H groups in total. The molecule has 0 bridgehead atoms. The molecule has 9 heteroatoms. The Morgan fingerprint density at radius 3 is 2.24 bits per heavy atom. The quantitative estimate of drug-likeness (QED) is 0.339. The standard InChI is InChI=1S/C28H30N2O5S2/c1-32-22-11-9-19(10-12-22)17-30(21-15-24(33-2)27(35-4)25(16-21)34-3)26(31)18-37-28(36)29-14-13-20-7-5-6-8-23(20)29/h5-12,15-16H,13-14,17-18H2,1-4H3. The Morgan fingerprint density at radius 1 is 0.946 bits per heavy atom. The molecule has 1 heterocycles. The fourth-order valence-electron chi connectivity index (χ4n) is 4.27. The first-order valence-electron chi connectivity index (χ1n) is 11.7. The number of nitrogens with zero attached hydrogens (tertiary/aromatic N) is 2. The molecule has 3 aromatic carbocycles. The van der Waals surface area contributed by atoms with Crippen molar-refractivity contribution >= 4 is 45.6 Å². The Kier molecular flexibility index (Phi) is 8.78. The molecule has 194 valence electrons. The number of ether oxygens (including phenoxy) is 4. The van der Waals surface area contributed by atoms with Crippen LogP contribution >= 0.6 is 24.0 Å². The van der Waals surface area contributed by atoms with E-state index < -0.39 is 0 Å². The lowest BCUT2D eigenvalue weighted by Crippen LogP contribution is -2.33. The Bertz CT molecular complexity index is 1240. The van der Waals surface area contributed by atoms with Gasteiger partial charge in [-0.05, 0) is 35.7 Å². The molecular formula is C28H30N2O5S2.